The smallest absolute Gasteiger partial charge is 0.248 e. The Morgan fingerprint density at radius 1 is 0.905 bits per heavy atom. The summed E-state index contributed by atoms with van der Waals surface area (Å²) in [7, 11) is 0. The Kier molecular flexibility index (Phi) is 6.49. The first-order chi connectivity index (χ1) is 10.2. The maximum atomic E-state index is 12.2. The summed E-state index contributed by atoms with van der Waals surface area (Å²) in [4.78, 5) is 27.0. The molecule has 0 radical (unpaired) electrons. The summed E-state index contributed by atoms with van der Waals surface area (Å²) in [5, 5.41) is 8.83. The van der Waals surface area contributed by atoms with Crippen molar-refractivity contribution in [3.05, 3.63) is 0 Å². The van der Waals surface area contributed by atoms with E-state index in [1.807, 2.05) is 4.90 Å². The largest absolute Gasteiger partial charge is 0.387 e. The summed E-state index contributed by atoms with van der Waals surface area (Å²) in [6, 6.07) is 0. The molecule has 0 spiro atoms. The van der Waals surface area contributed by atoms with Gasteiger partial charge in [0, 0.05) is 32.6 Å². The number of carbonyl (C=O) groups excluding carboxylic acids is 2. The molecular formula is C16H28N2O3. The van der Waals surface area contributed by atoms with Crippen LogP contribution < -0.4 is 0 Å². The van der Waals surface area contributed by atoms with Gasteiger partial charge in [-0.1, -0.05) is 32.1 Å². The number of nitrogens with zero attached hydrogens (tertiary/aromatic N) is 2. The Bertz CT molecular complexity index is 345. The van der Waals surface area contributed by atoms with Crippen molar-refractivity contribution in [1.29, 1.82) is 0 Å². The molecule has 1 aliphatic heterocycles. The Labute approximate surface area is 127 Å². The maximum Gasteiger partial charge on any atom is 0.248 e. The summed E-state index contributed by atoms with van der Waals surface area (Å²) in [6.45, 7) is 1.87. The van der Waals surface area contributed by atoms with Gasteiger partial charge in [0.1, 0.15) is 6.61 Å². The molecule has 0 bridgehead atoms. The van der Waals surface area contributed by atoms with Crippen molar-refractivity contribution in [2.75, 3.05) is 32.8 Å². The summed E-state index contributed by atoms with van der Waals surface area (Å²) in [5.74, 6) is 0.826. The molecule has 5 heteroatoms. The zero-order valence-electron chi connectivity index (χ0n) is 12.9. The fraction of sp³-hybridized carbons (Fsp3) is 0.875. The summed E-state index contributed by atoms with van der Waals surface area (Å²) in [5.41, 5.74) is 0. The fourth-order valence-corrected chi connectivity index (χ4v) is 3.48. The SMILES string of the molecule is O=C(CO)N1CCN(C(=O)CCCC2CCCCC2)CC1. The molecule has 0 aromatic heterocycles. The molecule has 1 aliphatic carbocycles. The van der Waals surface area contributed by atoms with Crippen molar-refractivity contribution in [3.8, 4) is 0 Å². The Hall–Kier alpha value is -1.10. The molecular weight excluding hydrogens is 268 g/mol. The first-order valence-corrected chi connectivity index (χ1v) is 8.37. The number of carbonyl (C=O) groups is 2. The zero-order chi connectivity index (χ0) is 15.1. The number of rotatable bonds is 5. The fourth-order valence-electron chi connectivity index (χ4n) is 3.48. The lowest BCUT2D eigenvalue weighted by Gasteiger charge is -2.34. The van der Waals surface area contributed by atoms with Crippen LogP contribution in [-0.4, -0.2) is 59.5 Å². The van der Waals surface area contributed by atoms with Crippen LogP contribution in [0.5, 0.6) is 0 Å². The molecule has 1 saturated heterocycles. The number of aliphatic hydroxyl groups is 1. The molecule has 1 heterocycles. The van der Waals surface area contributed by atoms with Crippen molar-refractivity contribution in [3.63, 3.8) is 0 Å². The van der Waals surface area contributed by atoms with Gasteiger partial charge >= 0.3 is 0 Å². The highest BCUT2D eigenvalue weighted by Crippen LogP contribution is 2.27. The molecule has 2 amide bonds. The lowest BCUT2D eigenvalue weighted by molar-refractivity contribution is -0.141. The average molecular weight is 296 g/mol. The van der Waals surface area contributed by atoms with Crippen LogP contribution in [0.3, 0.4) is 0 Å². The van der Waals surface area contributed by atoms with E-state index >= 15 is 0 Å². The number of hydrogen-bond acceptors (Lipinski definition) is 3. The average Bonchev–Trinajstić information content (AvgIpc) is 2.55. The zero-order valence-corrected chi connectivity index (χ0v) is 12.9. The van der Waals surface area contributed by atoms with Gasteiger partial charge in [0.05, 0.1) is 0 Å². The number of hydrogen-bond donors (Lipinski definition) is 1. The second-order valence-corrected chi connectivity index (χ2v) is 6.32. The topological polar surface area (TPSA) is 60.9 Å². The highest BCUT2D eigenvalue weighted by atomic mass is 16.3. The first-order valence-electron chi connectivity index (χ1n) is 8.37. The van der Waals surface area contributed by atoms with Crippen LogP contribution in [0, 0.1) is 5.92 Å². The summed E-state index contributed by atoms with van der Waals surface area (Å²) in [6.07, 6.45) is 9.62. The van der Waals surface area contributed by atoms with Crippen LogP contribution in [0.4, 0.5) is 0 Å². The van der Waals surface area contributed by atoms with Crippen molar-refractivity contribution >= 4 is 11.8 Å². The highest BCUT2D eigenvalue weighted by Gasteiger charge is 2.23. The van der Waals surface area contributed by atoms with E-state index in [1.165, 1.54) is 38.5 Å². The molecule has 120 valence electrons. The van der Waals surface area contributed by atoms with Gasteiger partial charge in [-0.2, -0.15) is 0 Å². The predicted molar refractivity (Wildman–Crippen MR) is 80.7 cm³/mol. The van der Waals surface area contributed by atoms with E-state index in [0.29, 0.717) is 32.6 Å². The van der Waals surface area contributed by atoms with Crippen LogP contribution in [0.1, 0.15) is 51.4 Å². The van der Waals surface area contributed by atoms with E-state index in [2.05, 4.69) is 0 Å². The monoisotopic (exact) mass is 296 g/mol. The normalized spacial score (nSPS) is 20.6. The molecule has 0 atom stereocenters. The van der Waals surface area contributed by atoms with Crippen LogP contribution in [0.2, 0.25) is 0 Å². The molecule has 21 heavy (non-hydrogen) atoms. The molecule has 2 fully saturated rings. The quantitative estimate of drug-likeness (QED) is 0.834. The minimum atomic E-state index is -0.435. The first kappa shape index (κ1) is 16.3. The standard InChI is InChI=1S/C16H28N2O3/c19-13-16(21)18-11-9-17(10-12-18)15(20)8-4-7-14-5-2-1-3-6-14/h14,19H,1-13H2. The van der Waals surface area contributed by atoms with E-state index in [1.54, 1.807) is 4.90 Å². The molecule has 1 saturated carbocycles. The van der Waals surface area contributed by atoms with Crippen molar-refractivity contribution in [2.45, 2.75) is 51.4 Å². The van der Waals surface area contributed by atoms with Crippen LogP contribution in [-0.2, 0) is 9.59 Å². The third kappa shape index (κ3) is 4.99. The summed E-state index contributed by atoms with van der Waals surface area (Å²) >= 11 is 0. The van der Waals surface area contributed by atoms with Gasteiger partial charge in [-0.15, -0.1) is 0 Å². The van der Waals surface area contributed by atoms with E-state index in [9.17, 15) is 9.59 Å². The molecule has 1 N–H and O–H groups in total. The molecule has 0 aromatic rings. The number of amides is 2. The van der Waals surface area contributed by atoms with Gasteiger partial charge in [0.15, 0.2) is 0 Å². The lowest BCUT2D eigenvalue weighted by atomic mass is 9.86. The summed E-state index contributed by atoms with van der Waals surface area (Å²) < 4.78 is 0. The lowest BCUT2D eigenvalue weighted by Crippen LogP contribution is -2.51. The minimum absolute atomic E-state index is 0.224. The van der Waals surface area contributed by atoms with Crippen molar-refractivity contribution in [2.24, 2.45) is 5.92 Å². The highest BCUT2D eigenvalue weighted by molar-refractivity contribution is 5.79. The van der Waals surface area contributed by atoms with Gasteiger partial charge in [-0.05, 0) is 18.8 Å². The second kappa shape index (κ2) is 8.37. The van der Waals surface area contributed by atoms with E-state index < -0.39 is 6.61 Å². The van der Waals surface area contributed by atoms with Gasteiger partial charge in [-0.3, -0.25) is 9.59 Å². The third-order valence-corrected chi connectivity index (χ3v) is 4.85. The van der Waals surface area contributed by atoms with Crippen molar-refractivity contribution in [1.82, 2.24) is 9.80 Å². The van der Waals surface area contributed by atoms with Gasteiger partial charge in [-0.25, -0.2) is 0 Å². The molecule has 0 aromatic carbocycles. The maximum absolute atomic E-state index is 12.2. The van der Waals surface area contributed by atoms with Gasteiger partial charge in [0.25, 0.3) is 0 Å². The Morgan fingerprint density at radius 3 is 2.05 bits per heavy atom. The van der Waals surface area contributed by atoms with Gasteiger partial charge in [0.2, 0.25) is 11.8 Å². The second-order valence-electron chi connectivity index (χ2n) is 6.32. The molecule has 2 aliphatic rings. The predicted octanol–water partition coefficient (Wildman–Crippen LogP) is 1.40. The van der Waals surface area contributed by atoms with E-state index in [4.69, 9.17) is 5.11 Å². The number of piperazine rings is 1. The molecule has 0 unspecified atom stereocenters. The Morgan fingerprint density at radius 2 is 1.48 bits per heavy atom. The van der Waals surface area contributed by atoms with Crippen LogP contribution in [0.25, 0.3) is 0 Å². The third-order valence-electron chi connectivity index (χ3n) is 4.85. The van der Waals surface area contributed by atoms with Gasteiger partial charge < -0.3 is 14.9 Å². The van der Waals surface area contributed by atoms with Crippen molar-refractivity contribution < 1.29 is 14.7 Å². The molecule has 2 rings (SSSR count). The number of aliphatic hydroxyl groups excluding tert-OH is 1. The van der Waals surface area contributed by atoms with Crippen LogP contribution in [0.15, 0.2) is 0 Å². The molecule has 5 nitrogen and oxygen atoms in total. The minimum Gasteiger partial charge on any atom is -0.387 e. The van der Waals surface area contributed by atoms with E-state index in [0.717, 1.165) is 12.3 Å². The van der Waals surface area contributed by atoms with E-state index in [-0.39, 0.29) is 11.8 Å². The Balaban J connectivity index is 1.62. The van der Waals surface area contributed by atoms with Crippen LogP contribution >= 0.6 is 0 Å².